The monoisotopic (exact) mass is 268 g/mol. The van der Waals surface area contributed by atoms with Gasteiger partial charge in [-0.25, -0.2) is 0 Å². The first kappa shape index (κ1) is 15.0. The summed E-state index contributed by atoms with van der Waals surface area (Å²) in [5, 5.41) is 9.37. The molecule has 1 aromatic carbocycles. The minimum atomic E-state index is -1.11. The topological polar surface area (TPSA) is 66.6 Å². The zero-order chi connectivity index (χ0) is 13.5. The van der Waals surface area contributed by atoms with Gasteiger partial charge in [-0.15, -0.1) is 11.8 Å². The van der Waals surface area contributed by atoms with Gasteiger partial charge < -0.3 is 15.7 Å². The molecule has 0 heterocycles. The van der Waals surface area contributed by atoms with Crippen LogP contribution in [-0.2, 0) is 11.3 Å². The summed E-state index contributed by atoms with van der Waals surface area (Å²) in [5.41, 5.74) is 6.29. The molecule has 1 rings (SSSR count). The summed E-state index contributed by atoms with van der Waals surface area (Å²) in [4.78, 5) is 14.3. The van der Waals surface area contributed by atoms with E-state index < -0.39 is 6.10 Å². The minimum absolute atomic E-state index is 0.0464. The Bertz CT molecular complexity index is 381. The number of nitrogens with two attached hydrogens (primary N) is 1. The van der Waals surface area contributed by atoms with Gasteiger partial charge in [-0.05, 0) is 23.4 Å². The van der Waals surface area contributed by atoms with Gasteiger partial charge in [0, 0.05) is 25.0 Å². The average molecular weight is 268 g/mol. The van der Waals surface area contributed by atoms with Crippen molar-refractivity contribution < 1.29 is 9.90 Å². The van der Waals surface area contributed by atoms with Crippen LogP contribution in [0.4, 0.5) is 0 Å². The molecule has 0 aliphatic carbocycles. The summed E-state index contributed by atoms with van der Waals surface area (Å²) in [7, 11) is 1.66. The molecule has 0 saturated carbocycles. The van der Waals surface area contributed by atoms with Gasteiger partial charge >= 0.3 is 0 Å². The minimum Gasteiger partial charge on any atom is -0.382 e. The van der Waals surface area contributed by atoms with Crippen molar-refractivity contribution >= 4 is 17.7 Å². The van der Waals surface area contributed by atoms with E-state index in [4.69, 9.17) is 5.73 Å². The summed E-state index contributed by atoms with van der Waals surface area (Å²) < 4.78 is 0. The van der Waals surface area contributed by atoms with Crippen molar-refractivity contribution in [3.8, 4) is 0 Å². The number of aliphatic hydroxyl groups is 1. The maximum Gasteiger partial charge on any atom is 0.252 e. The van der Waals surface area contributed by atoms with Crippen LogP contribution in [0.1, 0.15) is 12.5 Å². The van der Waals surface area contributed by atoms with E-state index in [-0.39, 0.29) is 12.5 Å². The lowest BCUT2D eigenvalue weighted by Crippen LogP contribution is -2.40. The van der Waals surface area contributed by atoms with E-state index in [9.17, 15) is 9.90 Å². The van der Waals surface area contributed by atoms with Crippen LogP contribution in [0.3, 0.4) is 0 Å². The second-order valence-corrected chi connectivity index (χ2v) is 5.36. The van der Waals surface area contributed by atoms with Crippen LogP contribution >= 0.6 is 11.8 Å². The van der Waals surface area contributed by atoms with Gasteiger partial charge in [-0.3, -0.25) is 4.79 Å². The molecular weight excluding hydrogens is 248 g/mol. The molecule has 4 nitrogen and oxygen atoms in total. The molecule has 1 unspecified atom stereocenters. The van der Waals surface area contributed by atoms with Crippen molar-refractivity contribution in [1.29, 1.82) is 0 Å². The standard InChI is InChI=1S/C13H20N2O2S/c1-3-18-11-6-4-10(5-7-11)9-15(2)13(17)12(16)8-14/h4-7,12,16H,3,8-9,14H2,1-2H3. The van der Waals surface area contributed by atoms with Crippen molar-refractivity contribution in [2.75, 3.05) is 19.3 Å². The number of carbonyl (C=O) groups excluding carboxylic acids is 1. The molecule has 0 aliphatic rings. The van der Waals surface area contributed by atoms with Crippen molar-refractivity contribution in [3.63, 3.8) is 0 Å². The number of thioether (sulfide) groups is 1. The van der Waals surface area contributed by atoms with Crippen LogP contribution in [0.15, 0.2) is 29.2 Å². The van der Waals surface area contributed by atoms with Crippen LogP contribution in [0.2, 0.25) is 0 Å². The van der Waals surface area contributed by atoms with E-state index in [2.05, 4.69) is 6.92 Å². The molecule has 3 N–H and O–H groups in total. The normalized spacial score (nSPS) is 12.2. The fourth-order valence-electron chi connectivity index (χ4n) is 1.56. The molecule has 0 bridgehead atoms. The fraction of sp³-hybridized carbons (Fsp3) is 0.462. The third kappa shape index (κ3) is 4.33. The predicted octanol–water partition coefficient (Wildman–Crippen LogP) is 1.08. The van der Waals surface area contributed by atoms with Crippen LogP contribution < -0.4 is 5.73 Å². The molecule has 0 saturated heterocycles. The fourth-order valence-corrected chi connectivity index (χ4v) is 2.23. The second-order valence-electron chi connectivity index (χ2n) is 4.02. The highest BCUT2D eigenvalue weighted by molar-refractivity contribution is 7.99. The maximum atomic E-state index is 11.6. The van der Waals surface area contributed by atoms with E-state index in [1.54, 1.807) is 18.8 Å². The third-order valence-electron chi connectivity index (χ3n) is 2.54. The number of aliphatic hydroxyl groups excluding tert-OH is 1. The SMILES string of the molecule is CCSc1ccc(CN(C)C(=O)C(O)CN)cc1. The van der Waals surface area contributed by atoms with Crippen molar-refractivity contribution in [2.45, 2.75) is 24.5 Å². The van der Waals surface area contributed by atoms with Gasteiger partial charge in [0.15, 0.2) is 0 Å². The van der Waals surface area contributed by atoms with E-state index in [1.807, 2.05) is 24.3 Å². The molecule has 0 fully saturated rings. The van der Waals surface area contributed by atoms with Crippen LogP contribution in [0.25, 0.3) is 0 Å². The second kappa shape index (κ2) is 7.41. The van der Waals surface area contributed by atoms with E-state index in [0.29, 0.717) is 6.54 Å². The van der Waals surface area contributed by atoms with Crippen LogP contribution in [-0.4, -0.2) is 41.4 Å². The van der Waals surface area contributed by atoms with E-state index in [0.717, 1.165) is 11.3 Å². The summed E-state index contributed by atoms with van der Waals surface area (Å²) in [5.74, 6) is 0.699. The van der Waals surface area contributed by atoms with Gasteiger partial charge in [-0.1, -0.05) is 19.1 Å². The quantitative estimate of drug-likeness (QED) is 0.758. The number of rotatable bonds is 6. The summed E-state index contributed by atoms with van der Waals surface area (Å²) >= 11 is 1.78. The Kier molecular flexibility index (Phi) is 6.18. The smallest absolute Gasteiger partial charge is 0.252 e. The van der Waals surface area contributed by atoms with Crippen molar-refractivity contribution in [3.05, 3.63) is 29.8 Å². The van der Waals surface area contributed by atoms with Gasteiger partial charge in [0.25, 0.3) is 5.91 Å². The molecule has 0 aromatic heterocycles. The molecule has 1 aromatic rings. The zero-order valence-corrected chi connectivity index (χ0v) is 11.6. The number of amides is 1. The third-order valence-corrected chi connectivity index (χ3v) is 3.43. The molecule has 1 atom stereocenters. The van der Waals surface area contributed by atoms with Gasteiger partial charge in [0.1, 0.15) is 6.10 Å². The molecule has 100 valence electrons. The number of nitrogens with zero attached hydrogens (tertiary/aromatic N) is 1. The Morgan fingerprint density at radius 2 is 2.06 bits per heavy atom. The average Bonchev–Trinajstić information content (AvgIpc) is 2.39. The number of benzene rings is 1. The number of hydrogen-bond acceptors (Lipinski definition) is 4. The highest BCUT2D eigenvalue weighted by atomic mass is 32.2. The molecule has 1 amide bonds. The first-order valence-corrected chi connectivity index (χ1v) is 6.91. The van der Waals surface area contributed by atoms with Gasteiger partial charge in [-0.2, -0.15) is 0 Å². The number of likely N-dealkylation sites (N-methyl/N-ethyl adjacent to an activating group) is 1. The summed E-state index contributed by atoms with van der Waals surface area (Å²) in [6, 6.07) is 8.08. The molecule has 0 spiro atoms. The van der Waals surface area contributed by atoms with E-state index >= 15 is 0 Å². The summed E-state index contributed by atoms with van der Waals surface area (Å²) in [6.45, 7) is 2.54. The highest BCUT2D eigenvalue weighted by Crippen LogP contribution is 2.18. The Balaban J connectivity index is 2.59. The first-order valence-electron chi connectivity index (χ1n) is 5.93. The Morgan fingerprint density at radius 1 is 1.44 bits per heavy atom. The van der Waals surface area contributed by atoms with Crippen LogP contribution in [0.5, 0.6) is 0 Å². The summed E-state index contributed by atoms with van der Waals surface area (Å²) in [6.07, 6.45) is -1.11. The zero-order valence-electron chi connectivity index (χ0n) is 10.8. The largest absolute Gasteiger partial charge is 0.382 e. The van der Waals surface area contributed by atoms with Crippen molar-refractivity contribution in [2.24, 2.45) is 5.73 Å². The Morgan fingerprint density at radius 3 is 2.56 bits per heavy atom. The van der Waals surface area contributed by atoms with Gasteiger partial charge in [0.05, 0.1) is 0 Å². The number of carbonyl (C=O) groups is 1. The Hall–Kier alpha value is -1.04. The molecular formula is C13H20N2O2S. The number of hydrogen-bond donors (Lipinski definition) is 2. The van der Waals surface area contributed by atoms with Gasteiger partial charge in [0.2, 0.25) is 0 Å². The lowest BCUT2D eigenvalue weighted by molar-refractivity contribution is -0.138. The molecule has 0 radical (unpaired) electrons. The first-order chi connectivity index (χ1) is 8.58. The lowest BCUT2D eigenvalue weighted by atomic mass is 10.2. The van der Waals surface area contributed by atoms with E-state index in [1.165, 1.54) is 9.80 Å². The highest BCUT2D eigenvalue weighted by Gasteiger charge is 2.17. The molecule has 5 heteroatoms. The maximum absolute atomic E-state index is 11.6. The molecule has 0 aliphatic heterocycles. The Labute approximate surface area is 112 Å². The van der Waals surface area contributed by atoms with Crippen molar-refractivity contribution in [1.82, 2.24) is 4.90 Å². The predicted molar refractivity (Wildman–Crippen MR) is 74.4 cm³/mol. The molecule has 18 heavy (non-hydrogen) atoms. The lowest BCUT2D eigenvalue weighted by Gasteiger charge is -2.20. The van der Waals surface area contributed by atoms with Crippen LogP contribution in [0, 0.1) is 0 Å².